The Labute approximate surface area is 304 Å². The molecule has 0 spiro atoms. The molecule has 4 nitrogen and oxygen atoms in total. The first-order chi connectivity index (χ1) is 25.7. The summed E-state index contributed by atoms with van der Waals surface area (Å²) in [5.74, 6) is 0.631. The van der Waals surface area contributed by atoms with Gasteiger partial charge in [0.1, 0.15) is 0 Å². The first kappa shape index (κ1) is 30.0. The maximum atomic E-state index is 9.83. The predicted octanol–water partition coefficient (Wildman–Crippen LogP) is 12.5. The molecule has 242 valence electrons. The van der Waals surface area contributed by atoms with Gasteiger partial charge < -0.3 is 4.57 Å². The van der Waals surface area contributed by atoms with Crippen LogP contribution in [0.1, 0.15) is 5.56 Å². The lowest BCUT2D eigenvalue weighted by atomic mass is 9.99. The predicted molar refractivity (Wildman–Crippen MR) is 216 cm³/mol. The number of rotatable bonds is 5. The van der Waals surface area contributed by atoms with Gasteiger partial charge in [0.2, 0.25) is 0 Å². The summed E-state index contributed by atoms with van der Waals surface area (Å²) in [5.41, 5.74) is 10.4. The molecule has 10 rings (SSSR count). The zero-order valence-corrected chi connectivity index (χ0v) is 28.7. The van der Waals surface area contributed by atoms with Crippen LogP contribution in [-0.2, 0) is 0 Å². The lowest BCUT2D eigenvalue weighted by Crippen LogP contribution is -1.99. The molecule has 0 aliphatic carbocycles. The summed E-state index contributed by atoms with van der Waals surface area (Å²) < 4.78 is 4.93. The highest BCUT2D eigenvalue weighted by molar-refractivity contribution is 7.25. The van der Waals surface area contributed by atoms with Crippen LogP contribution < -0.4 is 0 Å². The van der Waals surface area contributed by atoms with Crippen molar-refractivity contribution in [1.29, 1.82) is 5.26 Å². The minimum Gasteiger partial charge on any atom is -0.309 e. The number of nitriles is 1. The van der Waals surface area contributed by atoms with Crippen molar-refractivity contribution in [2.75, 3.05) is 0 Å². The Kier molecular flexibility index (Phi) is 7.02. The van der Waals surface area contributed by atoms with Crippen LogP contribution in [0.3, 0.4) is 0 Å². The molecule has 7 aromatic carbocycles. The molecule has 0 aliphatic rings. The van der Waals surface area contributed by atoms with Crippen LogP contribution in [-0.4, -0.2) is 14.5 Å². The molecule has 0 atom stereocenters. The van der Waals surface area contributed by atoms with Gasteiger partial charge in [-0.2, -0.15) is 5.26 Å². The van der Waals surface area contributed by atoms with E-state index in [9.17, 15) is 5.26 Å². The van der Waals surface area contributed by atoms with E-state index in [1.807, 2.05) is 65.9 Å². The SMILES string of the molecule is N#Cc1cccc(-c2cc(-c3nc(-c4ccccc4)cc(-c4ccccc4)n3)cc(-n3c4ccccc4c4cc5sc6ccccc6c5cc43)c2)c1. The summed E-state index contributed by atoms with van der Waals surface area (Å²) >= 11 is 1.84. The van der Waals surface area contributed by atoms with Crippen LogP contribution in [0.15, 0.2) is 170 Å². The second-order valence-electron chi connectivity index (χ2n) is 13.0. The molecule has 10 aromatic rings. The molecule has 0 radical (unpaired) electrons. The Bertz CT molecular complexity index is 2970. The maximum Gasteiger partial charge on any atom is 0.160 e. The fourth-order valence-corrected chi connectivity index (χ4v) is 8.49. The fraction of sp³-hybridized carbons (Fsp3) is 0. The van der Waals surface area contributed by atoms with Crippen LogP contribution in [0.25, 0.3) is 92.7 Å². The molecule has 0 unspecified atom stereocenters. The minimum atomic E-state index is 0.613. The Morgan fingerprint density at radius 2 is 1.10 bits per heavy atom. The van der Waals surface area contributed by atoms with Gasteiger partial charge >= 0.3 is 0 Å². The molecule has 3 heterocycles. The van der Waals surface area contributed by atoms with E-state index in [-0.39, 0.29) is 0 Å². The average molecular weight is 681 g/mol. The van der Waals surface area contributed by atoms with E-state index in [2.05, 4.69) is 126 Å². The van der Waals surface area contributed by atoms with Gasteiger partial charge in [0.15, 0.2) is 5.82 Å². The topological polar surface area (TPSA) is 54.5 Å². The maximum absolute atomic E-state index is 9.83. The Morgan fingerprint density at radius 3 is 1.85 bits per heavy atom. The van der Waals surface area contributed by atoms with Crippen molar-refractivity contribution in [2.24, 2.45) is 0 Å². The van der Waals surface area contributed by atoms with Crippen molar-refractivity contribution in [1.82, 2.24) is 14.5 Å². The minimum absolute atomic E-state index is 0.613. The molecule has 0 fully saturated rings. The zero-order chi connectivity index (χ0) is 34.6. The van der Waals surface area contributed by atoms with Crippen LogP contribution in [0.5, 0.6) is 0 Å². The zero-order valence-electron chi connectivity index (χ0n) is 27.9. The van der Waals surface area contributed by atoms with E-state index in [0.717, 1.165) is 55.9 Å². The fourth-order valence-electron chi connectivity index (χ4n) is 7.36. The molecule has 0 saturated heterocycles. The number of fused-ring (bicyclic) bond motifs is 6. The number of hydrogen-bond acceptors (Lipinski definition) is 4. The smallest absolute Gasteiger partial charge is 0.160 e. The van der Waals surface area contributed by atoms with Crippen molar-refractivity contribution in [3.8, 4) is 56.8 Å². The van der Waals surface area contributed by atoms with Gasteiger partial charge in [-0.1, -0.05) is 109 Å². The van der Waals surface area contributed by atoms with Crippen molar-refractivity contribution in [3.05, 3.63) is 175 Å². The van der Waals surface area contributed by atoms with Crippen molar-refractivity contribution in [3.63, 3.8) is 0 Å². The molecule has 0 N–H and O–H groups in total. The lowest BCUT2D eigenvalue weighted by molar-refractivity contribution is 1.16. The standard InChI is InChI=1S/C47H28N4S/c48-29-30-12-11-17-33(22-30)34-23-35(47-49-41(31-13-3-1-4-14-31)28-42(50-47)32-15-5-2-6-16-32)25-36(24-34)51-43-20-9-7-18-37(43)39-27-46-40(26-44(39)51)38-19-8-10-21-45(38)52-46/h1-28H. The Hall–Kier alpha value is -6.87. The number of hydrogen-bond donors (Lipinski definition) is 0. The van der Waals surface area contributed by atoms with Crippen LogP contribution in [0, 0.1) is 11.3 Å². The van der Waals surface area contributed by atoms with Gasteiger partial charge in [0.05, 0.1) is 34.1 Å². The monoisotopic (exact) mass is 680 g/mol. The van der Waals surface area contributed by atoms with Gasteiger partial charge in [-0.3, -0.25) is 0 Å². The second-order valence-corrected chi connectivity index (χ2v) is 14.1. The quantitative estimate of drug-likeness (QED) is 0.182. The van der Waals surface area contributed by atoms with Gasteiger partial charge in [-0.15, -0.1) is 11.3 Å². The number of nitrogens with zero attached hydrogens (tertiary/aromatic N) is 4. The number of benzene rings is 7. The largest absolute Gasteiger partial charge is 0.309 e. The molecule has 0 aliphatic heterocycles. The summed E-state index contributed by atoms with van der Waals surface area (Å²) in [5, 5.41) is 14.8. The highest BCUT2D eigenvalue weighted by Crippen LogP contribution is 2.42. The van der Waals surface area contributed by atoms with Crippen LogP contribution >= 0.6 is 11.3 Å². The Balaban J connectivity index is 1.28. The van der Waals surface area contributed by atoms with Gasteiger partial charge in [0.25, 0.3) is 0 Å². The highest BCUT2D eigenvalue weighted by atomic mass is 32.1. The first-order valence-electron chi connectivity index (χ1n) is 17.2. The molecule has 5 heteroatoms. The van der Waals surface area contributed by atoms with Crippen molar-refractivity contribution in [2.45, 2.75) is 0 Å². The molecule has 3 aromatic heterocycles. The summed E-state index contributed by atoms with van der Waals surface area (Å²) in [7, 11) is 0. The van der Waals surface area contributed by atoms with E-state index >= 15 is 0 Å². The van der Waals surface area contributed by atoms with Gasteiger partial charge in [-0.25, -0.2) is 9.97 Å². The van der Waals surface area contributed by atoms with E-state index in [1.165, 1.54) is 30.9 Å². The normalized spacial score (nSPS) is 11.4. The van der Waals surface area contributed by atoms with Crippen LogP contribution in [0.2, 0.25) is 0 Å². The van der Waals surface area contributed by atoms with E-state index in [4.69, 9.17) is 9.97 Å². The number of aromatic nitrogens is 3. The summed E-state index contributed by atoms with van der Waals surface area (Å²) in [6.45, 7) is 0. The summed E-state index contributed by atoms with van der Waals surface area (Å²) in [6, 6.07) is 61.3. The van der Waals surface area contributed by atoms with Crippen LogP contribution in [0.4, 0.5) is 0 Å². The molecule has 0 saturated carbocycles. The average Bonchev–Trinajstić information content (AvgIpc) is 3.75. The van der Waals surface area contributed by atoms with Gasteiger partial charge in [0, 0.05) is 53.3 Å². The summed E-state index contributed by atoms with van der Waals surface area (Å²) in [6.07, 6.45) is 0. The van der Waals surface area contributed by atoms with Crippen molar-refractivity contribution < 1.29 is 0 Å². The van der Waals surface area contributed by atoms with Crippen molar-refractivity contribution >= 4 is 53.3 Å². The third-order valence-corrected chi connectivity index (χ3v) is 10.9. The lowest BCUT2D eigenvalue weighted by Gasteiger charge is -2.15. The molecule has 0 amide bonds. The van der Waals surface area contributed by atoms with E-state index in [1.54, 1.807) is 0 Å². The molecular weight excluding hydrogens is 653 g/mol. The molecular formula is C47H28N4S. The molecule has 52 heavy (non-hydrogen) atoms. The van der Waals surface area contributed by atoms with E-state index in [0.29, 0.717) is 11.4 Å². The highest BCUT2D eigenvalue weighted by Gasteiger charge is 2.19. The summed E-state index contributed by atoms with van der Waals surface area (Å²) in [4.78, 5) is 10.4. The Morgan fingerprint density at radius 1 is 0.442 bits per heavy atom. The third-order valence-electron chi connectivity index (χ3n) is 9.80. The third kappa shape index (κ3) is 5.05. The number of para-hydroxylation sites is 1. The first-order valence-corrected chi connectivity index (χ1v) is 18.0. The second kappa shape index (κ2) is 12.2. The number of thiophene rings is 1. The molecule has 0 bridgehead atoms. The van der Waals surface area contributed by atoms with E-state index < -0.39 is 0 Å². The van der Waals surface area contributed by atoms with Gasteiger partial charge in [-0.05, 0) is 71.8 Å².